The van der Waals surface area contributed by atoms with Crippen molar-refractivity contribution >= 4 is 11.2 Å². The standard InChI is InChI=1S/C16H16N4O4/c1-9-5-3-4-6-11(9)23-8-10-7-20-12-13(17-16(20)24-10)19(2)15(22)18-14(12)21/h3-6,10H,7-8H2,1-2H3,(H,18,21,22)/t10-/m1/s1. The van der Waals surface area contributed by atoms with Gasteiger partial charge in [0, 0.05) is 7.05 Å². The number of H-pyrrole nitrogens is 1. The largest absolute Gasteiger partial charge is 0.489 e. The molecule has 8 nitrogen and oxygen atoms in total. The number of ether oxygens (including phenoxy) is 2. The molecule has 0 radical (unpaired) electrons. The third-order valence-corrected chi connectivity index (χ3v) is 4.15. The number of para-hydroxylation sites is 1. The van der Waals surface area contributed by atoms with Crippen LogP contribution in [0, 0.1) is 6.92 Å². The quantitative estimate of drug-likeness (QED) is 0.759. The first-order valence-corrected chi connectivity index (χ1v) is 7.59. The molecule has 2 aromatic heterocycles. The molecule has 0 spiro atoms. The fourth-order valence-corrected chi connectivity index (χ4v) is 2.85. The van der Waals surface area contributed by atoms with Crippen LogP contribution >= 0.6 is 0 Å². The molecule has 0 bridgehead atoms. The number of imidazole rings is 1. The number of nitrogens with one attached hydrogen (secondary N) is 1. The van der Waals surface area contributed by atoms with Crippen molar-refractivity contribution in [3.05, 3.63) is 50.7 Å². The zero-order valence-corrected chi connectivity index (χ0v) is 13.3. The van der Waals surface area contributed by atoms with Gasteiger partial charge in [-0.05, 0) is 18.6 Å². The van der Waals surface area contributed by atoms with E-state index >= 15 is 0 Å². The lowest BCUT2D eigenvalue weighted by molar-refractivity contribution is 0.143. The smallest absolute Gasteiger partial charge is 0.329 e. The molecule has 1 N–H and O–H groups in total. The third kappa shape index (κ3) is 2.18. The Morgan fingerprint density at radius 1 is 1.38 bits per heavy atom. The second-order valence-corrected chi connectivity index (χ2v) is 5.81. The fourth-order valence-electron chi connectivity index (χ4n) is 2.85. The van der Waals surface area contributed by atoms with Gasteiger partial charge in [-0.25, -0.2) is 4.79 Å². The molecule has 8 heteroatoms. The number of aromatic nitrogens is 4. The molecule has 3 heterocycles. The Morgan fingerprint density at radius 3 is 2.96 bits per heavy atom. The maximum Gasteiger partial charge on any atom is 0.329 e. The van der Waals surface area contributed by atoms with Crippen LogP contribution < -0.4 is 20.7 Å². The molecule has 1 aromatic carbocycles. The summed E-state index contributed by atoms with van der Waals surface area (Å²) in [5, 5.41) is 0. The van der Waals surface area contributed by atoms with E-state index in [9.17, 15) is 9.59 Å². The van der Waals surface area contributed by atoms with Crippen LogP contribution in [0.2, 0.25) is 0 Å². The first-order chi connectivity index (χ1) is 11.5. The average Bonchev–Trinajstić information content (AvgIpc) is 3.09. The first kappa shape index (κ1) is 14.6. The fraction of sp³-hybridized carbons (Fsp3) is 0.312. The maximum absolute atomic E-state index is 12.1. The van der Waals surface area contributed by atoms with Gasteiger partial charge in [0.1, 0.15) is 12.4 Å². The highest BCUT2D eigenvalue weighted by Crippen LogP contribution is 2.26. The molecule has 1 aliphatic heterocycles. The molecule has 0 saturated carbocycles. The predicted octanol–water partition coefficient (Wildman–Crippen LogP) is 0.572. The third-order valence-electron chi connectivity index (χ3n) is 4.15. The van der Waals surface area contributed by atoms with E-state index in [1.54, 1.807) is 11.6 Å². The Morgan fingerprint density at radius 2 is 2.17 bits per heavy atom. The van der Waals surface area contributed by atoms with E-state index in [1.807, 2.05) is 31.2 Å². The number of hydrogen-bond donors (Lipinski definition) is 1. The van der Waals surface area contributed by atoms with Crippen LogP contribution in [0.3, 0.4) is 0 Å². The van der Waals surface area contributed by atoms with Crippen LogP contribution in [0.5, 0.6) is 11.8 Å². The summed E-state index contributed by atoms with van der Waals surface area (Å²) in [6, 6.07) is 8.07. The summed E-state index contributed by atoms with van der Waals surface area (Å²) in [5.41, 5.74) is 0.743. The van der Waals surface area contributed by atoms with E-state index in [2.05, 4.69) is 9.97 Å². The van der Waals surface area contributed by atoms with Gasteiger partial charge in [0.25, 0.3) is 11.6 Å². The number of aromatic amines is 1. The van der Waals surface area contributed by atoms with Crippen molar-refractivity contribution in [2.75, 3.05) is 6.61 Å². The summed E-state index contributed by atoms with van der Waals surface area (Å²) < 4.78 is 14.5. The van der Waals surface area contributed by atoms with Crippen LogP contribution in [0.15, 0.2) is 33.9 Å². The second kappa shape index (κ2) is 5.26. The molecule has 124 valence electrons. The molecule has 0 fully saturated rings. The summed E-state index contributed by atoms with van der Waals surface area (Å²) in [7, 11) is 1.56. The van der Waals surface area contributed by atoms with Gasteiger partial charge >= 0.3 is 5.69 Å². The van der Waals surface area contributed by atoms with E-state index in [1.165, 1.54) is 4.57 Å². The van der Waals surface area contributed by atoms with Gasteiger partial charge in [0.05, 0.1) is 6.54 Å². The molecule has 24 heavy (non-hydrogen) atoms. The Hall–Kier alpha value is -3.03. The zero-order chi connectivity index (χ0) is 16.8. The molecule has 0 aliphatic carbocycles. The summed E-state index contributed by atoms with van der Waals surface area (Å²) in [6.45, 7) is 2.77. The lowest BCUT2D eigenvalue weighted by atomic mass is 10.2. The van der Waals surface area contributed by atoms with Crippen LogP contribution in [-0.4, -0.2) is 31.8 Å². The van der Waals surface area contributed by atoms with Crippen molar-refractivity contribution in [2.45, 2.75) is 19.6 Å². The van der Waals surface area contributed by atoms with Crippen molar-refractivity contribution in [3.8, 4) is 11.8 Å². The van der Waals surface area contributed by atoms with Gasteiger partial charge in [0.2, 0.25) is 0 Å². The Labute approximate surface area is 136 Å². The molecule has 0 saturated heterocycles. The monoisotopic (exact) mass is 328 g/mol. The number of fused-ring (bicyclic) bond motifs is 3. The highest BCUT2D eigenvalue weighted by Gasteiger charge is 2.29. The van der Waals surface area contributed by atoms with Gasteiger partial charge in [-0.1, -0.05) is 18.2 Å². The number of rotatable bonds is 3. The molecular weight excluding hydrogens is 312 g/mol. The van der Waals surface area contributed by atoms with Crippen LogP contribution in [0.25, 0.3) is 11.2 Å². The maximum atomic E-state index is 12.1. The highest BCUT2D eigenvalue weighted by atomic mass is 16.6. The van der Waals surface area contributed by atoms with E-state index in [0.717, 1.165) is 11.3 Å². The predicted molar refractivity (Wildman–Crippen MR) is 86.7 cm³/mol. The summed E-state index contributed by atoms with van der Waals surface area (Å²) >= 11 is 0. The lowest BCUT2D eigenvalue weighted by Gasteiger charge is -2.13. The minimum atomic E-state index is -0.497. The van der Waals surface area contributed by atoms with Crippen molar-refractivity contribution in [1.82, 2.24) is 19.1 Å². The number of hydrogen-bond acceptors (Lipinski definition) is 5. The summed E-state index contributed by atoms with van der Waals surface area (Å²) in [6.07, 6.45) is -0.242. The Kier molecular flexibility index (Phi) is 3.19. The van der Waals surface area contributed by atoms with Crippen molar-refractivity contribution in [3.63, 3.8) is 0 Å². The Balaban J connectivity index is 1.59. The van der Waals surface area contributed by atoms with Crippen molar-refractivity contribution in [1.29, 1.82) is 0 Å². The van der Waals surface area contributed by atoms with Crippen LogP contribution in [0.4, 0.5) is 0 Å². The molecule has 0 unspecified atom stereocenters. The molecule has 3 aromatic rings. The molecule has 1 aliphatic rings. The number of benzene rings is 1. The highest BCUT2D eigenvalue weighted by molar-refractivity contribution is 5.72. The van der Waals surface area contributed by atoms with Crippen molar-refractivity contribution < 1.29 is 9.47 Å². The minimum Gasteiger partial charge on any atom is -0.489 e. The molecule has 1 atom stereocenters. The van der Waals surface area contributed by atoms with Crippen LogP contribution in [-0.2, 0) is 13.6 Å². The second-order valence-electron chi connectivity index (χ2n) is 5.81. The van der Waals surface area contributed by atoms with E-state index < -0.39 is 11.2 Å². The van der Waals surface area contributed by atoms with Gasteiger partial charge in [-0.2, -0.15) is 4.98 Å². The summed E-state index contributed by atoms with van der Waals surface area (Å²) in [4.78, 5) is 30.3. The number of nitrogens with zero attached hydrogens (tertiary/aromatic N) is 3. The first-order valence-electron chi connectivity index (χ1n) is 7.59. The van der Waals surface area contributed by atoms with Gasteiger partial charge in [0.15, 0.2) is 17.3 Å². The van der Waals surface area contributed by atoms with Gasteiger partial charge in [-0.15, -0.1) is 0 Å². The summed E-state index contributed by atoms with van der Waals surface area (Å²) in [5.74, 6) is 0.802. The van der Waals surface area contributed by atoms with E-state index in [0.29, 0.717) is 30.3 Å². The molecular formula is C16H16N4O4. The Bertz CT molecular complexity index is 1050. The van der Waals surface area contributed by atoms with Crippen molar-refractivity contribution in [2.24, 2.45) is 7.05 Å². The van der Waals surface area contributed by atoms with Gasteiger partial charge < -0.3 is 9.47 Å². The minimum absolute atomic E-state index is 0.242. The van der Waals surface area contributed by atoms with E-state index in [4.69, 9.17) is 9.47 Å². The topological polar surface area (TPSA) is 91.1 Å². The number of aryl methyl sites for hydroxylation is 2. The average molecular weight is 328 g/mol. The van der Waals surface area contributed by atoms with Gasteiger partial charge in [-0.3, -0.25) is 18.9 Å². The zero-order valence-electron chi connectivity index (χ0n) is 13.3. The SMILES string of the molecule is Cc1ccccc1OC[C@H]1Cn2c(nc3c2c(=O)[nH]c(=O)n3C)O1. The normalized spacial score (nSPS) is 16.2. The lowest BCUT2D eigenvalue weighted by Crippen LogP contribution is -2.30. The van der Waals surface area contributed by atoms with E-state index in [-0.39, 0.29) is 6.10 Å². The molecule has 4 rings (SSSR count). The molecule has 0 amide bonds. The van der Waals surface area contributed by atoms with Crippen LogP contribution in [0.1, 0.15) is 5.56 Å².